The summed E-state index contributed by atoms with van der Waals surface area (Å²) < 4.78 is 17.9. The molecule has 0 saturated heterocycles. The lowest BCUT2D eigenvalue weighted by Crippen LogP contribution is -2.10. The van der Waals surface area contributed by atoms with E-state index in [0.29, 0.717) is 23.4 Å². The van der Waals surface area contributed by atoms with Crippen LogP contribution in [-0.4, -0.2) is 18.5 Å². The molecule has 1 N–H and O–H groups in total. The largest absolute Gasteiger partial charge is 0.462 e. The number of ether oxygens (including phenoxy) is 1. The zero-order valence-corrected chi connectivity index (χ0v) is 13.3. The zero-order valence-electron chi connectivity index (χ0n) is 13.3. The molecule has 0 radical (unpaired) electrons. The number of benzene rings is 2. The SMILES string of the molecule is CCCOC(=O)c1cccc(NC(=O)/C=C/c2ccc(F)cc2)c1. The topological polar surface area (TPSA) is 55.4 Å². The fourth-order valence-electron chi connectivity index (χ4n) is 1.93. The average molecular weight is 327 g/mol. The molecule has 0 aliphatic rings. The molecule has 0 unspecified atom stereocenters. The molecule has 0 fully saturated rings. The van der Waals surface area contributed by atoms with Gasteiger partial charge in [-0.3, -0.25) is 4.79 Å². The molecule has 0 heterocycles. The van der Waals surface area contributed by atoms with E-state index in [1.165, 1.54) is 18.2 Å². The molecule has 0 bridgehead atoms. The molecule has 5 heteroatoms. The Hall–Kier alpha value is -2.95. The maximum absolute atomic E-state index is 12.8. The standard InChI is InChI=1S/C19H18FNO3/c1-2-12-24-19(23)15-4-3-5-17(13-15)21-18(22)11-8-14-6-9-16(20)10-7-14/h3-11,13H,2,12H2,1H3,(H,21,22)/b11-8+. The lowest BCUT2D eigenvalue weighted by molar-refractivity contribution is -0.111. The molecule has 2 aromatic rings. The Bertz CT molecular complexity index is 739. The van der Waals surface area contributed by atoms with Crippen molar-refractivity contribution in [1.82, 2.24) is 0 Å². The summed E-state index contributed by atoms with van der Waals surface area (Å²) in [5.74, 6) is -1.10. The van der Waals surface area contributed by atoms with Crippen LogP contribution >= 0.6 is 0 Å². The van der Waals surface area contributed by atoms with Gasteiger partial charge in [0, 0.05) is 11.8 Å². The van der Waals surface area contributed by atoms with Gasteiger partial charge in [0.1, 0.15) is 5.82 Å². The van der Waals surface area contributed by atoms with Crippen LogP contribution in [0.15, 0.2) is 54.6 Å². The first-order valence-corrected chi connectivity index (χ1v) is 7.60. The maximum atomic E-state index is 12.8. The predicted octanol–water partition coefficient (Wildman–Crippen LogP) is 4.04. The van der Waals surface area contributed by atoms with E-state index < -0.39 is 5.97 Å². The number of hydrogen-bond donors (Lipinski definition) is 1. The first kappa shape index (κ1) is 17.4. The van der Waals surface area contributed by atoms with Gasteiger partial charge in [0.05, 0.1) is 12.2 Å². The molecule has 4 nitrogen and oxygen atoms in total. The first-order chi connectivity index (χ1) is 11.6. The van der Waals surface area contributed by atoms with Crippen molar-refractivity contribution in [3.8, 4) is 0 Å². The molecule has 2 aromatic carbocycles. The van der Waals surface area contributed by atoms with Gasteiger partial charge in [-0.15, -0.1) is 0 Å². The van der Waals surface area contributed by atoms with Gasteiger partial charge in [0.25, 0.3) is 0 Å². The van der Waals surface area contributed by atoms with Crippen LogP contribution in [0.1, 0.15) is 29.3 Å². The van der Waals surface area contributed by atoms with Crippen LogP contribution in [0, 0.1) is 5.82 Å². The van der Waals surface area contributed by atoms with Gasteiger partial charge < -0.3 is 10.1 Å². The second-order valence-corrected chi connectivity index (χ2v) is 5.09. The fraction of sp³-hybridized carbons (Fsp3) is 0.158. The molecular weight excluding hydrogens is 309 g/mol. The van der Waals surface area contributed by atoms with E-state index >= 15 is 0 Å². The molecule has 1 amide bonds. The van der Waals surface area contributed by atoms with Crippen LogP contribution < -0.4 is 5.32 Å². The lowest BCUT2D eigenvalue weighted by Gasteiger charge is -2.06. The Kier molecular flexibility index (Phi) is 6.25. The van der Waals surface area contributed by atoms with E-state index in [1.54, 1.807) is 42.5 Å². The highest BCUT2D eigenvalue weighted by atomic mass is 19.1. The molecule has 24 heavy (non-hydrogen) atoms. The minimum absolute atomic E-state index is 0.330. The van der Waals surface area contributed by atoms with E-state index in [4.69, 9.17) is 4.74 Å². The molecule has 0 aliphatic carbocycles. The van der Waals surface area contributed by atoms with Crippen molar-refractivity contribution >= 4 is 23.6 Å². The summed E-state index contributed by atoms with van der Waals surface area (Å²) in [5.41, 5.74) is 1.59. The van der Waals surface area contributed by atoms with Gasteiger partial charge in [-0.1, -0.05) is 25.1 Å². The van der Waals surface area contributed by atoms with Crippen molar-refractivity contribution in [2.45, 2.75) is 13.3 Å². The van der Waals surface area contributed by atoms with Crippen LogP contribution in [0.25, 0.3) is 6.08 Å². The molecule has 0 atom stereocenters. The third kappa shape index (κ3) is 5.35. The highest BCUT2D eigenvalue weighted by Crippen LogP contribution is 2.12. The van der Waals surface area contributed by atoms with E-state index in [0.717, 1.165) is 6.42 Å². The van der Waals surface area contributed by atoms with Crippen molar-refractivity contribution in [3.05, 3.63) is 71.6 Å². The van der Waals surface area contributed by atoms with Crippen molar-refractivity contribution in [1.29, 1.82) is 0 Å². The predicted molar refractivity (Wildman–Crippen MR) is 91.1 cm³/mol. The van der Waals surface area contributed by atoms with Crippen molar-refractivity contribution in [3.63, 3.8) is 0 Å². The number of anilines is 1. The van der Waals surface area contributed by atoms with Gasteiger partial charge in [-0.2, -0.15) is 0 Å². The average Bonchev–Trinajstić information content (AvgIpc) is 2.59. The number of rotatable bonds is 6. The number of hydrogen-bond acceptors (Lipinski definition) is 3. The highest BCUT2D eigenvalue weighted by molar-refractivity contribution is 6.02. The summed E-state index contributed by atoms with van der Waals surface area (Å²) in [7, 11) is 0. The first-order valence-electron chi connectivity index (χ1n) is 7.60. The second kappa shape index (κ2) is 8.62. The van der Waals surface area contributed by atoms with E-state index in [2.05, 4.69) is 5.32 Å². The Labute approximate surface area is 140 Å². The molecule has 124 valence electrons. The monoisotopic (exact) mass is 327 g/mol. The number of halogens is 1. The van der Waals surface area contributed by atoms with Crippen LogP contribution in [0.4, 0.5) is 10.1 Å². The van der Waals surface area contributed by atoms with Crippen molar-refractivity contribution in [2.24, 2.45) is 0 Å². The minimum atomic E-state index is -0.421. The Balaban J connectivity index is 1.98. The Morgan fingerprint density at radius 2 is 1.92 bits per heavy atom. The Morgan fingerprint density at radius 3 is 2.62 bits per heavy atom. The van der Waals surface area contributed by atoms with Gasteiger partial charge in [0.2, 0.25) is 5.91 Å². The van der Waals surface area contributed by atoms with E-state index in [1.807, 2.05) is 6.92 Å². The van der Waals surface area contributed by atoms with E-state index in [-0.39, 0.29) is 11.7 Å². The van der Waals surface area contributed by atoms with Crippen LogP contribution in [-0.2, 0) is 9.53 Å². The quantitative estimate of drug-likeness (QED) is 0.643. The van der Waals surface area contributed by atoms with Crippen LogP contribution in [0.2, 0.25) is 0 Å². The van der Waals surface area contributed by atoms with Gasteiger partial charge in [0.15, 0.2) is 0 Å². The molecule has 0 aromatic heterocycles. The number of carbonyl (C=O) groups excluding carboxylic acids is 2. The Morgan fingerprint density at radius 1 is 1.17 bits per heavy atom. The van der Waals surface area contributed by atoms with Gasteiger partial charge in [-0.05, 0) is 48.4 Å². The van der Waals surface area contributed by atoms with Crippen molar-refractivity contribution in [2.75, 3.05) is 11.9 Å². The third-order valence-electron chi connectivity index (χ3n) is 3.10. The number of esters is 1. The van der Waals surface area contributed by atoms with Gasteiger partial charge in [-0.25, -0.2) is 9.18 Å². The summed E-state index contributed by atoms with van der Waals surface area (Å²) in [6.07, 6.45) is 3.67. The smallest absolute Gasteiger partial charge is 0.338 e. The van der Waals surface area contributed by atoms with Crippen LogP contribution in [0.5, 0.6) is 0 Å². The molecule has 2 rings (SSSR count). The minimum Gasteiger partial charge on any atom is -0.462 e. The maximum Gasteiger partial charge on any atom is 0.338 e. The number of nitrogens with one attached hydrogen (secondary N) is 1. The van der Waals surface area contributed by atoms with E-state index in [9.17, 15) is 14.0 Å². The third-order valence-corrected chi connectivity index (χ3v) is 3.10. The summed E-state index contributed by atoms with van der Waals surface area (Å²) in [6.45, 7) is 2.27. The normalized spacial score (nSPS) is 10.6. The molecule has 0 aliphatic heterocycles. The summed E-state index contributed by atoms with van der Waals surface area (Å²) >= 11 is 0. The number of amides is 1. The molecule has 0 saturated carbocycles. The van der Waals surface area contributed by atoms with Gasteiger partial charge >= 0.3 is 5.97 Å². The number of carbonyl (C=O) groups is 2. The summed E-state index contributed by atoms with van der Waals surface area (Å²) in [6, 6.07) is 12.3. The van der Waals surface area contributed by atoms with Crippen molar-refractivity contribution < 1.29 is 18.7 Å². The summed E-state index contributed by atoms with van der Waals surface area (Å²) in [4.78, 5) is 23.7. The second-order valence-electron chi connectivity index (χ2n) is 5.09. The lowest BCUT2D eigenvalue weighted by atomic mass is 10.2. The molecule has 0 spiro atoms. The van der Waals surface area contributed by atoms with Crippen LogP contribution in [0.3, 0.4) is 0 Å². The highest BCUT2D eigenvalue weighted by Gasteiger charge is 2.08. The zero-order chi connectivity index (χ0) is 17.4. The fourth-order valence-corrected chi connectivity index (χ4v) is 1.93. The summed E-state index contributed by atoms with van der Waals surface area (Å²) in [5, 5.41) is 2.67. The molecular formula is C19H18FNO3.